The largest absolute Gasteiger partial charge is 0.336 e. The zero-order chi connectivity index (χ0) is 18.5. The summed E-state index contributed by atoms with van der Waals surface area (Å²) in [6.07, 6.45) is 3.11. The summed E-state index contributed by atoms with van der Waals surface area (Å²) in [4.78, 5) is 28.3. The Morgan fingerprint density at radius 1 is 0.808 bits per heavy atom. The smallest absolute Gasteiger partial charge is 0.253 e. The van der Waals surface area contributed by atoms with Crippen molar-refractivity contribution in [2.45, 2.75) is 0 Å². The van der Waals surface area contributed by atoms with Crippen LogP contribution in [0.3, 0.4) is 0 Å². The monoisotopic (exact) mass is 388 g/mol. The van der Waals surface area contributed by atoms with E-state index < -0.39 is 0 Å². The molecule has 1 aliphatic rings. The lowest BCUT2D eigenvalue weighted by molar-refractivity contribution is -0.127. The highest BCUT2D eigenvalue weighted by Crippen LogP contribution is 2.25. The van der Waals surface area contributed by atoms with E-state index in [2.05, 4.69) is 0 Å². The van der Waals surface area contributed by atoms with Crippen molar-refractivity contribution >= 4 is 41.1 Å². The molecule has 3 rings (SSSR count). The third-order valence-corrected chi connectivity index (χ3v) is 4.95. The van der Waals surface area contributed by atoms with Crippen LogP contribution in [0, 0.1) is 0 Å². The van der Waals surface area contributed by atoms with Crippen molar-refractivity contribution in [3.05, 3.63) is 75.8 Å². The van der Waals surface area contributed by atoms with E-state index in [1.54, 1.807) is 46.2 Å². The Balaban J connectivity index is 1.59. The first kappa shape index (κ1) is 18.5. The molecule has 26 heavy (non-hydrogen) atoms. The second-order valence-corrected chi connectivity index (χ2v) is 6.77. The summed E-state index contributed by atoms with van der Waals surface area (Å²) in [7, 11) is 0. The van der Waals surface area contributed by atoms with E-state index in [0.29, 0.717) is 47.4 Å². The van der Waals surface area contributed by atoms with Gasteiger partial charge < -0.3 is 9.80 Å². The maximum atomic E-state index is 12.4. The Labute approximate surface area is 162 Å². The summed E-state index contributed by atoms with van der Waals surface area (Å²) < 4.78 is 0. The minimum Gasteiger partial charge on any atom is -0.336 e. The van der Waals surface area contributed by atoms with Gasteiger partial charge in [0, 0.05) is 53.4 Å². The number of carbonyl (C=O) groups excluding carboxylic acids is 2. The van der Waals surface area contributed by atoms with Crippen molar-refractivity contribution in [1.82, 2.24) is 9.80 Å². The maximum absolute atomic E-state index is 12.4. The average Bonchev–Trinajstić information content (AvgIpc) is 2.67. The summed E-state index contributed by atoms with van der Waals surface area (Å²) in [5.41, 5.74) is 1.29. The van der Waals surface area contributed by atoms with Gasteiger partial charge in [0.2, 0.25) is 5.91 Å². The predicted octanol–water partition coefficient (Wildman–Crippen LogP) is 3.99. The molecule has 6 heteroatoms. The van der Waals surface area contributed by atoms with Crippen molar-refractivity contribution in [3.63, 3.8) is 0 Å². The second kappa shape index (κ2) is 8.39. The van der Waals surface area contributed by atoms with Crippen LogP contribution in [0.25, 0.3) is 6.08 Å². The van der Waals surface area contributed by atoms with Crippen LogP contribution in [-0.4, -0.2) is 47.8 Å². The molecule has 0 spiro atoms. The summed E-state index contributed by atoms with van der Waals surface area (Å²) >= 11 is 12.2. The van der Waals surface area contributed by atoms with Gasteiger partial charge in [0.1, 0.15) is 0 Å². The molecule has 0 saturated carbocycles. The SMILES string of the molecule is O=C(/C=C/c1c(Cl)cccc1Cl)N1CCN(C(=O)c2ccccc2)CC1. The normalized spacial score (nSPS) is 14.7. The van der Waals surface area contributed by atoms with Crippen molar-refractivity contribution in [2.24, 2.45) is 0 Å². The number of piperazine rings is 1. The Morgan fingerprint density at radius 2 is 1.38 bits per heavy atom. The molecule has 2 amide bonds. The van der Waals surface area contributed by atoms with E-state index in [4.69, 9.17) is 23.2 Å². The summed E-state index contributed by atoms with van der Waals surface area (Å²) in [5.74, 6) is -0.121. The lowest BCUT2D eigenvalue weighted by Crippen LogP contribution is -2.50. The number of halogens is 2. The molecular formula is C20H18Cl2N2O2. The third-order valence-electron chi connectivity index (χ3n) is 4.29. The molecule has 2 aromatic carbocycles. The number of hydrogen-bond donors (Lipinski definition) is 0. The van der Waals surface area contributed by atoms with Crippen molar-refractivity contribution in [2.75, 3.05) is 26.2 Å². The Kier molecular flexibility index (Phi) is 5.96. The van der Waals surface area contributed by atoms with Gasteiger partial charge in [-0.1, -0.05) is 47.5 Å². The van der Waals surface area contributed by atoms with Crippen molar-refractivity contribution in [3.8, 4) is 0 Å². The van der Waals surface area contributed by atoms with E-state index >= 15 is 0 Å². The van der Waals surface area contributed by atoms with Crippen LogP contribution in [0.2, 0.25) is 10.0 Å². The molecule has 0 radical (unpaired) electrons. The van der Waals surface area contributed by atoms with Crippen LogP contribution in [0.15, 0.2) is 54.6 Å². The topological polar surface area (TPSA) is 40.6 Å². The highest BCUT2D eigenvalue weighted by Gasteiger charge is 2.23. The van der Waals surface area contributed by atoms with Gasteiger partial charge in [0.25, 0.3) is 5.91 Å². The highest BCUT2D eigenvalue weighted by atomic mass is 35.5. The van der Waals surface area contributed by atoms with Gasteiger partial charge in [-0.3, -0.25) is 9.59 Å². The highest BCUT2D eigenvalue weighted by molar-refractivity contribution is 6.37. The molecule has 0 aliphatic carbocycles. The second-order valence-electron chi connectivity index (χ2n) is 5.95. The van der Waals surface area contributed by atoms with Crippen molar-refractivity contribution < 1.29 is 9.59 Å². The summed E-state index contributed by atoms with van der Waals surface area (Å²) in [6.45, 7) is 2.02. The number of nitrogens with zero attached hydrogens (tertiary/aromatic N) is 2. The molecule has 2 aromatic rings. The summed E-state index contributed by atoms with van der Waals surface area (Å²) in [6, 6.07) is 14.4. The van der Waals surface area contributed by atoms with E-state index in [1.807, 2.05) is 18.2 Å². The molecule has 4 nitrogen and oxygen atoms in total. The lowest BCUT2D eigenvalue weighted by atomic mass is 10.1. The zero-order valence-corrected chi connectivity index (χ0v) is 15.6. The number of rotatable bonds is 3. The molecule has 1 heterocycles. The van der Waals surface area contributed by atoms with Crippen LogP contribution in [0.1, 0.15) is 15.9 Å². The predicted molar refractivity (Wildman–Crippen MR) is 104 cm³/mol. The summed E-state index contributed by atoms with van der Waals surface area (Å²) in [5, 5.41) is 1.000. The first-order valence-corrected chi connectivity index (χ1v) is 9.07. The van der Waals surface area contributed by atoms with Crippen molar-refractivity contribution in [1.29, 1.82) is 0 Å². The maximum Gasteiger partial charge on any atom is 0.253 e. The van der Waals surface area contributed by atoms with Gasteiger partial charge in [-0.05, 0) is 30.3 Å². The van der Waals surface area contributed by atoms with Crippen LogP contribution < -0.4 is 0 Å². The van der Waals surface area contributed by atoms with E-state index in [1.165, 1.54) is 6.08 Å². The Morgan fingerprint density at radius 3 is 2.00 bits per heavy atom. The first-order chi connectivity index (χ1) is 12.6. The molecule has 0 atom stereocenters. The lowest BCUT2D eigenvalue weighted by Gasteiger charge is -2.34. The third kappa shape index (κ3) is 4.26. The average molecular weight is 389 g/mol. The molecule has 1 saturated heterocycles. The number of carbonyl (C=O) groups is 2. The molecular weight excluding hydrogens is 371 g/mol. The molecule has 134 valence electrons. The number of hydrogen-bond acceptors (Lipinski definition) is 2. The van der Waals surface area contributed by atoms with Gasteiger partial charge in [0.05, 0.1) is 0 Å². The molecule has 0 bridgehead atoms. The van der Waals surface area contributed by atoms with Gasteiger partial charge >= 0.3 is 0 Å². The van der Waals surface area contributed by atoms with Gasteiger partial charge in [-0.15, -0.1) is 0 Å². The number of benzene rings is 2. The fourth-order valence-electron chi connectivity index (χ4n) is 2.82. The van der Waals surface area contributed by atoms with E-state index in [-0.39, 0.29) is 11.8 Å². The van der Waals surface area contributed by atoms with E-state index in [9.17, 15) is 9.59 Å². The molecule has 0 N–H and O–H groups in total. The first-order valence-electron chi connectivity index (χ1n) is 8.31. The van der Waals surface area contributed by atoms with Crippen LogP contribution >= 0.6 is 23.2 Å². The molecule has 1 fully saturated rings. The van der Waals surface area contributed by atoms with Gasteiger partial charge in [-0.25, -0.2) is 0 Å². The minimum absolute atomic E-state index is 0.00362. The quantitative estimate of drug-likeness (QED) is 0.745. The standard InChI is InChI=1S/C20H18Cl2N2O2/c21-17-7-4-8-18(22)16(17)9-10-19(25)23-11-13-24(14-12-23)20(26)15-5-2-1-3-6-15/h1-10H,11-14H2/b10-9+. The van der Waals surface area contributed by atoms with Crippen LogP contribution in [0.5, 0.6) is 0 Å². The zero-order valence-electron chi connectivity index (χ0n) is 14.1. The Bertz CT molecular complexity index is 809. The van der Waals surface area contributed by atoms with Gasteiger partial charge in [0.15, 0.2) is 0 Å². The molecule has 0 unspecified atom stereocenters. The van der Waals surface area contributed by atoms with Crippen LogP contribution in [-0.2, 0) is 4.79 Å². The minimum atomic E-state index is -0.118. The fourth-order valence-corrected chi connectivity index (χ4v) is 3.35. The van der Waals surface area contributed by atoms with Gasteiger partial charge in [-0.2, -0.15) is 0 Å². The fraction of sp³-hybridized carbons (Fsp3) is 0.200. The number of amides is 2. The Hall–Kier alpha value is -2.30. The molecule has 0 aromatic heterocycles. The van der Waals surface area contributed by atoms with E-state index in [0.717, 1.165) is 0 Å². The van der Waals surface area contributed by atoms with Crippen LogP contribution in [0.4, 0.5) is 0 Å². The molecule has 1 aliphatic heterocycles.